The van der Waals surface area contributed by atoms with Crippen molar-refractivity contribution in [3.8, 4) is 0 Å². The molecule has 2 rings (SSSR count). The maximum absolute atomic E-state index is 3.60. The van der Waals surface area contributed by atoms with Crippen molar-refractivity contribution in [2.45, 2.75) is 25.9 Å². The van der Waals surface area contributed by atoms with Gasteiger partial charge in [0.05, 0.1) is 0 Å². The Labute approximate surface area is 116 Å². The molecule has 2 aromatic carbocycles. The third-order valence-corrected chi connectivity index (χ3v) is 3.87. The lowest BCUT2D eigenvalue weighted by Gasteiger charge is -2.23. The van der Waals surface area contributed by atoms with Gasteiger partial charge in [-0.1, -0.05) is 36.4 Å². The summed E-state index contributed by atoms with van der Waals surface area (Å²) in [6.45, 7) is 5.47. The van der Waals surface area contributed by atoms with E-state index in [4.69, 9.17) is 0 Å². The number of benzene rings is 2. The van der Waals surface area contributed by atoms with Gasteiger partial charge in [0.1, 0.15) is 0 Å². The molecule has 0 heterocycles. The van der Waals surface area contributed by atoms with Gasteiger partial charge >= 0.3 is 0 Å². The number of fused-ring (bicyclic) bond motifs is 1. The first-order valence-electron chi connectivity index (χ1n) is 6.96. The summed E-state index contributed by atoms with van der Waals surface area (Å²) in [7, 11) is 4.24. The van der Waals surface area contributed by atoms with Crippen molar-refractivity contribution in [1.82, 2.24) is 10.2 Å². The fraction of sp³-hybridized carbons (Fsp3) is 0.412. The number of rotatable bonds is 5. The van der Waals surface area contributed by atoms with Crippen LogP contribution in [0.1, 0.15) is 25.5 Å². The fourth-order valence-corrected chi connectivity index (χ4v) is 2.12. The first kappa shape index (κ1) is 14.0. The molecule has 0 bridgehead atoms. The molecule has 0 fully saturated rings. The minimum absolute atomic E-state index is 0.381. The maximum Gasteiger partial charge on any atom is 0.0292 e. The largest absolute Gasteiger partial charge is 0.309 e. The van der Waals surface area contributed by atoms with Crippen molar-refractivity contribution >= 4 is 10.8 Å². The number of nitrogens with zero attached hydrogens (tertiary/aromatic N) is 1. The van der Waals surface area contributed by atoms with Crippen molar-refractivity contribution in [1.29, 1.82) is 0 Å². The van der Waals surface area contributed by atoms with Gasteiger partial charge in [-0.15, -0.1) is 0 Å². The van der Waals surface area contributed by atoms with Crippen LogP contribution < -0.4 is 5.32 Å². The Kier molecular flexibility index (Phi) is 4.56. The van der Waals surface area contributed by atoms with Crippen molar-refractivity contribution in [3.05, 3.63) is 48.0 Å². The van der Waals surface area contributed by atoms with Crippen molar-refractivity contribution in [2.24, 2.45) is 0 Å². The molecule has 0 radical (unpaired) electrons. The van der Waals surface area contributed by atoms with E-state index in [2.05, 4.69) is 80.6 Å². The highest BCUT2D eigenvalue weighted by Crippen LogP contribution is 2.20. The van der Waals surface area contributed by atoms with Gasteiger partial charge in [0.2, 0.25) is 0 Å². The fourth-order valence-electron chi connectivity index (χ4n) is 2.12. The summed E-state index contributed by atoms with van der Waals surface area (Å²) in [5.74, 6) is 0. The van der Waals surface area contributed by atoms with Crippen LogP contribution in [0.25, 0.3) is 10.8 Å². The molecule has 0 saturated heterocycles. The molecular weight excluding hydrogens is 232 g/mol. The molecule has 0 amide bonds. The lowest BCUT2D eigenvalue weighted by atomic mass is 10.0. The van der Waals surface area contributed by atoms with E-state index in [0.29, 0.717) is 12.1 Å². The standard InChI is InChI=1S/C17H24N2/c1-13(19(3)4)12-18-14(2)16-10-9-15-7-5-6-8-17(15)11-16/h5-11,13-14,18H,12H2,1-4H3. The summed E-state index contributed by atoms with van der Waals surface area (Å²) < 4.78 is 0. The van der Waals surface area contributed by atoms with E-state index in [1.807, 2.05) is 0 Å². The molecule has 2 aromatic rings. The van der Waals surface area contributed by atoms with Gasteiger partial charge in [-0.05, 0) is 50.3 Å². The normalized spacial score (nSPS) is 14.8. The zero-order valence-corrected chi connectivity index (χ0v) is 12.4. The number of nitrogens with one attached hydrogen (secondary N) is 1. The highest BCUT2D eigenvalue weighted by Gasteiger charge is 2.09. The predicted molar refractivity (Wildman–Crippen MR) is 83.5 cm³/mol. The molecule has 2 atom stereocenters. The van der Waals surface area contributed by atoms with E-state index in [0.717, 1.165) is 6.54 Å². The minimum atomic E-state index is 0.381. The van der Waals surface area contributed by atoms with Crippen molar-refractivity contribution < 1.29 is 0 Å². The predicted octanol–water partition coefficient (Wildman–Crippen LogP) is 3.44. The van der Waals surface area contributed by atoms with Gasteiger partial charge in [-0.3, -0.25) is 0 Å². The van der Waals surface area contributed by atoms with Crippen LogP contribution in [0.2, 0.25) is 0 Å². The third-order valence-electron chi connectivity index (χ3n) is 3.87. The van der Waals surface area contributed by atoms with Gasteiger partial charge in [-0.25, -0.2) is 0 Å². The van der Waals surface area contributed by atoms with Gasteiger partial charge in [0.25, 0.3) is 0 Å². The molecule has 0 spiro atoms. The van der Waals surface area contributed by atoms with Crippen LogP contribution in [0.15, 0.2) is 42.5 Å². The van der Waals surface area contributed by atoms with Gasteiger partial charge < -0.3 is 10.2 Å². The van der Waals surface area contributed by atoms with E-state index in [-0.39, 0.29) is 0 Å². The van der Waals surface area contributed by atoms with E-state index in [9.17, 15) is 0 Å². The Hall–Kier alpha value is -1.38. The summed E-state index contributed by atoms with van der Waals surface area (Å²) in [4.78, 5) is 2.24. The van der Waals surface area contributed by atoms with E-state index < -0.39 is 0 Å². The minimum Gasteiger partial charge on any atom is -0.309 e. The molecule has 0 saturated carbocycles. The second-order valence-electron chi connectivity index (χ2n) is 5.55. The molecule has 0 aromatic heterocycles. The number of hydrogen-bond acceptors (Lipinski definition) is 2. The van der Waals surface area contributed by atoms with Crippen molar-refractivity contribution in [2.75, 3.05) is 20.6 Å². The third kappa shape index (κ3) is 3.55. The SMILES string of the molecule is CC(NCC(C)N(C)C)c1ccc2ccccc2c1. The zero-order chi connectivity index (χ0) is 13.8. The molecule has 0 aliphatic heterocycles. The maximum atomic E-state index is 3.60. The molecule has 2 unspecified atom stereocenters. The lowest BCUT2D eigenvalue weighted by Crippen LogP contribution is -2.36. The average molecular weight is 256 g/mol. The molecule has 1 N–H and O–H groups in total. The molecule has 2 heteroatoms. The highest BCUT2D eigenvalue weighted by molar-refractivity contribution is 5.83. The molecule has 102 valence electrons. The van der Waals surface area contributed by atoms with E-state index >= 15 is 0 Å². The average Bonchev–Trinajstić information content (AvgIpc) is 2.43. The second-order valence-corrected chi connectivity index (χ2v) is 5.55. The van der Waals surface area contributed by atoms with Crippen LogP contribution >= 0.6 is 0 Å². The molecule has 0 aliphatic carbocycles. The first-order valence-corrected chi connectivity index (χ1v) is 6.96. The Morgan fingerprint density at radius 1 is 1.00 bits per heavy atom. The number of hydrogen-bond donors (Lipinski definition) is 1. The molecule has 2 nitrogen and oxygen atoms in total. The smallest absolute Gasteiger partial charge is 0.0292 e. The lowest BCUT2D eigenvalue weighted by molar-refractivity contribution is 0.296. The zero-order valence-electron chi connectivity index (χ0n) is 12.4. The Bertz CT molecular complexity index is 534. The quantitative estimate of drug-likeness (QED) is 0.881. The van der Waals surface area contributed by atoms with Gasteiger partial charge in [0, 0.05) is 18.6 Å². The Morgan fingerprint density at radius 2 is 1.68 bits per heavy atom. The molecular formula is C17H24N2. The topological polar surface area (TPSA) is 15.3 Å². The van der Waals surface area contributed by atoms with E-state index in [1.54, 1.807) is 0 Å². The van der Waals surface area contributed by atoms with Crippen LogP contribution in [-0.2, 0) is 0 Å². The van der Waals surface area contributed by atoms with Crippen LogP contribution in [-0.4, -0.2) is 31.6 Å². The monoisotopic (exact) mass is 256 g/mol. The number of likely N-dealkylation sites (N-methyl/N-ethyl adjacent to an activating group) is 1. The van der Waals surface area contributed by atoms with Crippen LogP contribution in [0.5, 0.6) is 0 Å². The first-order chi connectivity index (χ1) is 9.08. The summed E-state index contributed by atoms with van der Waals surface area (Å²) in [6, 6.07) is 16.2. The second kappa shape index (κ2) is 6.18. The molecule has 19 heavy (non-hydrogen) atoms. The van der Waals surface area contributed by atoms with Gasteiger partial charge in [-0.2, -0.15) is 0 Å². The Balaban J connectivity index is 2.06. The van der Waals surface area contributed by atoms with Crippen LogP contribution in [0, 0.1) is 0 Å². The van der Waals surface area contributed by atoms with Crippen LogP contribution in [0.3, 0.4) is 0 Å². The molecule has 0 aliphatic rings. The highest BCUT2D eigenvalue weighted by atomic mass is 15.1. The summed E-state index contributed by atoms with van der Waals surface area (Å²) >= 11 is 0. The summed E-state index contributed by atoms with van der Waals surface area (Å²) in [5.41, 5.74) is 1.35. The van der Waals surface area contributed by atoms with Gasteiger partial charge in [0.15, 0.2) is 0 Å². The summed E-state index contributed by atoms with van der Waals surface area (Å²) in [6.07, 6.45) is 0. The van der Waals surface area contributed by atoms with Crippen molar-refractivity contribution in [3.63, 3.8) is 0 Å². The summed E-state index contributed by atoms with van der Waals surface area (Å²) in [5, 5.41) is 6.22. The van der Waals surface area contributed by atoms with Crippen LogP contribution in [0.4, 0.5) is 0 Å². The Morgan fingerprint density at radius 3 is 2.37 bits per heavy atom. The van der Waals surface area contributed by atoms with E-state index in [1.165, 1.54) is 16.3 Å².